The average Bonchev–Trinajstić information content (AvgIpc) is 2.70. The van der Waals surface area contributed by atoms with E-state index in [9.17, 15) is 14.4 Å². The number of rotatable bonds is 3. The van der Waals surface area contributed by atoms with E-state index in [2.05, 4.69) is 0 Å². The van der Waals surface area contributed by atoms with Gasteiger partial charge in [-0.05, 0) is 18.3 Å². The third-order valence-electron chi connectivity index (χ3n) is 3.49. The summed E-state index contributed by atoms with van der Waals surface area (Å²) in [5, 5.41) is 26.4. The summed E-state index contributed by atoms with van der Waals surface area (Å²) in [4.78, 5) is 32.3. The fraction of sp³-hybridized carbons (Fsp3) is 0.667. The van der Waals surface area contributed by atoms with Gasteiger partial charge in [0.05, 0.1) is 17.8 Å². The van der Waals surface area contributed by atoms with E-state index in [4.69, 9.17) is 15.3 Å². The second-order valence-corrected chi connectivity index (χ2v) is 4.14. The van der Waals surface area contributed by atoms with Crippen molar-refractivity contribution in [1.82, 2.24) is 0 Å². The van der Waals surface area contributed by atoms with Crippen LogP contribution in [-0.2, 0) is 14.4 Å². The molecule has 0 heterocycles. The molecule has 0 radical (unpaired) electrons. The van der Waals surface area contributed by atoms with Crippen molar-refractivity contribution < 1.29 is 29.7 Å². The third kappa shape index (κ3) is 1.28. The second kappa shape index (κ2) is 2.95. The summed E-state index contributed by atoms with van der Waals surface area (Å²) >= 11 is 0. The molecule has 6 heteroatoms. The van der Waals surface area contributed by atoms with Crippen LogP contribution in [0.25, 0.3) is 0 Å². The van der Waals surface area contributed by atoms with Crippen molar-refractivity contribution in [1.29, 1.82) is 0 Å². The SMILES string of the molecule is O=C(O)C1CC(C(=O)O)C2C(C(=O)O)C12. The number of carbonyl (C=O) groups is 3. The molecule has 0 saturated heterocycles. The molecule has 0 aliphatic heterocycles. The van der Waals surface area contributed by atoms with Gasteiger partial charge in [0.1, 0.15) is 0 Å². The Bertz CT molecular complexity index is 323. The maximum Gasteiger partial charge on any atom is 0.307 e. The first-order valence-electron chi connectivity index (χ1n) is 4.63. The van der Waals surface area contributed by atoms with E-state index in [1.165, 1.54) is 0 Å². The summed E-state index contributed by atoms with van der Waals surface area (Å²) in [5.41, 5.74) is 0. The lowest BCUT2D eigenvalue weighted by molar-refractivity contribution is -0.146. The van der Waals surface area contributed by atoms with Crippen LogP contribution in [0.15, 0.2) is 0 Å². The first-order valence-corrected chi connectivity index (χ1v) is 4.63. The van der Waals surface area contributed by atoms with Gasteiger partial charge < -0.3 is 15.3 Å². The molecule has 2 saturated carbocycles. The van der Waals surface area contributed by atoms with Gasteiger partial charge in [-0.15, -0.1) is 0 Å². The van der Waals surface area contributed by atoms with E-state index in [0.29, 0.717) is 0 Å². The summed E-state index contributed by atoms with van der Waals surface area (Å²) in [5.74, 6) is -6.62. The number of carboxylic acids is 3. The molecule has 0 aromatic heterocycles. The van der Waals surface area contributed by atoms with Crippen LogP contribution < -0.4 is 0 Å². The number of hydrogen-bond acceptors (Lipinski definition) is 3. The van der Waals surface area contributed by atoms with Crippen LogP contribution in [0.4, 0.5) is 0 Å². The molecule has 15 heavy (non-hydrogen) atoms. The molecule has 3 N–H and O–H groups in total. The normalized spacial score (nSPS) is 42.0. The monoisotopic (exact) mass is 214 g/mol. The van der Waals surface area contributed by atoms with Gasteiger partial charge in [0.25, 0.3) is 0 Å². The van der Waals surface area contributed by atoms with Crippen molar-refractivity contribution in [3.63, 3.8) is 0 Å². The highest BCUT2D eigenvalue weighted by Gasteiger charge is 2.69. The number of aliphatic carboxylic acids is 3. The van der Waals surface area contributed by atoms with E-state index < -0.39 is 47.5 Å². The number of fused-ring (bicyclic) bond motifs is 1. The van der Waals surface area contributed by atoms with Gasteiger partial charge in [0, 0.05) is 0 Å². The number of hydrogen-bond donors (Lipinski definition) is 3. The minimum atomic E-state index is -1.09. The predicted octanol–water partition coefficient (Wildman–Crippen LogP) is -0.262. The highest BCUT2D eigenvalue weighted by atomic mass is 16.4. The molecule has 0 aromatic carbocycles. The summed E-state index contributed by atoms with van der Waals surface area (Å²) in [6.45, 7) is 0. The Morgan fingerprint density at radius 2 is 1.20 bits per heavy atom. The van der Waals surface area contributed by atoms with Crippen LogP contribution in [0.5, 0.6) is 0 Å². The van der Waals surface area contributed by atoms with Crippen molar-refractivity contribution >= 4 is 17.9 Å². The Morgan fingerprint density at radius 3 is 1.47 bits per heavy atom. The molecule has 0 bridgehead atoms. The van der Waals surface area contributed by atoms with Gasteiger partial charge in [0.15, 0.2) is 0 Å². The van der Waals surface area contributed by atoms with Gasteiger partial charge in [-0.3, -0.25) is 14.4 Å². The topological polar surface area (TPSA) is 112 Å². The Labute approximate surface area is 84.5 Å². The minimum Gasteiger partial charge on any atom is -0.481 e. The minimum absolute atomic E-state index is 0.0593. The smallest absolute Gasteiger partial charge is 0.307 e. The molecule has 2 rings (SSSR count). The van der Waals surface area contributed by atoms with Crippen molar-refractivity contribution in [2.24, 2.45) is 29.6 Å². The third-order valence-corrected chi connectivity index (χ3v) is 3.49. The molecule has 6 nitrogen and oxygen atoms in total. The number of carboxylic acid groups (broad SMARTS) is 3. The molecule has 0 spiro atoms. The molecule has 2 aliphatic rings. The maximum atomic E-state index is 10.8. The Morgan fingerprint density at radius 1 is 0.800 bits per heavy atom. The zero-order valence-corrected chi connectivity index (χ0v) is 7.66. The van der Waals surface area contributed by atoms with Crippen molar-refractivity contribution in [3.05, 3.63) is 0 Å². The summed E-state index contributed by atoms with van der Waals surface area (Å²) in [6, 6.07) is 0. The molecule has 0 amide bonds. The van der Waals surface area contributed by atoms with Crippen molar-refractivity contribution in [2.75, 3.05) is 0 Å². The van der Waals surface area contributed by atoms with Crippen LogP contribution in [0.1, 0.15) is 6.42 Å². The molecule has 82 valence electrons. The van der Waals surface area contributed by atoms with Crippen LogP contribution in [0.2, 0.25) is 0 Å². The van der Waals surface area contributed by atoms with Gasteiger partial charge in [-0.25, -0.2) is 0 Å². The van der Waals surface area contributed by atoms with Gasteiger partial charge in [0.2, 0.25) is 0 Å². The Hall–Kier alpha value is -1.59. The van der Waals surface area contributed by atoms with Crippen LogP contribution in [0, 0.1) is 29.6 Å². The van der Waals surface area contributed by atoms with E-state index >= 15 is 0 Å². The fourth-order valence-electron chi connectivity index (χ4n) is 2.84. The standard InChI is InChI=1S/C9H10O6/c10-7(11)2-1-3(8(12)13)5-4(2)6(5)9(14)15/h2-6H,1H2,(H,10,11)(H,12,13)(H,14,15). The lowest BCUT2D eigenvalue weighted by atomic mass is 9.94. The largest absolute Gasteiger partial charge is 0.481 e. The van der Waals surface area contributed by atoms with E-state index in [1.54, 1.807) is 0 Å². The van der Waals surface area contributed by atoms with E-state index in [0.717, 1.165) is 0 Å². The highest BCUT2D eigenvalue weighted by molar-refractivity contribution is 5.83. The Balaban J connectivity index is 2.20. The zero-order chi connectivity index (χ0) is 11.3. The average molecular weight is 214 g/mol. The Kier molecular flexibility index (Phi) is 1.95. The van der Waals surface area contributed by atoms with Gasteiger partial charge in [-0.1, -0.05) is 0 Å². The van der Waals surface area contributed by atoms with Crippen LogP contribution in [0.3, 0.4) is 0 Å². The predicted molar refractivity (Wildman–Crippen MR) is 45.0 cm³/mol. The summed E-state index contributed by atoms with van der Waals surface area (Å²) in [7, 11) is 0. The fourth-order valence-corrected chi connectivity index (χ4v) is 2.84. The molecule has 2 fully saturated rings. The molecular weight excluding hydrogens is 204 g/mol. The first kappa shape index (κ1) is 9.95. The molecule has 4 atom stereocenters. The molecular formula is C9H10O6. The van der Waals surface area contributed by atoms with Gasteiger partial charge >= 0.3 is 17.9 Å². The first-order chi connectivity index (χ1) is 6.95. The van der Waals surface area contributed by atoms with E-state index in [-0.39, 0.29) is 6.42 Å². The lowest BCUT2D eigenvalue weighted by Crippen LogP contribution is -2.23. The summed E-state index contributed by atoms with van der Waals surface area (Å²) < 4.78 is 0. The molecule has 4 unspecified atom stereocenters. The van der Waals surface area contributed by atoms with Crippen LogP contribution >= 0.6 is 0 Å². The highest BCUT2D eigenvalue weighted by Crippen LogP contribution is 2.63. The van der Waals surface area contributed by atoms with Crippen molar-refractivity contribution in [3.8, 4) is 0 Å². The lowest BCUT2D eigenvalue weighted by Gasteiger charge is -2.11. The van der Waals surface area contributed by atoms with E-state index in [1.807, 2.05) is 0 Å². The van der Waals surface area contributed by atoms with Crippen molar-refractivity contribution in [2.45, 2.75) is 6.42 Å². The summed E-state index contributed by atoms with van der Waals surface area (Å²) in [6.07, 6.45) is 0.0593. The van der Waals surface area contributed by atoms with Gasteiger partial charge in [-0.2, -0.15) is 0 Å². The molecule has 2 aliphatic carbocycles. The quantitative estimate of drug-likeness (QED) is 0.596. The zero-order valence-electron chi connectivity index (χ0n) is 7.66. The van der Waals surface area contributed by atoms with Crippen LogP contribution in [-0.4, -0.2) is 33.2 Å². The molecule has 0 aromatic rings. The second-order valence-electron chi connectivity index (χ2n) is 4.14. The maximum absolute atomic E-state index is 10.8.